The van der Waals surface area contributed by atoms with Gasteiger partial charge in [0.2, 0.25) is 0 Å². The number of piperidine rings is 1. The zero-order valence-electron chi connectivity index (χ0n) is 16.6. The number of hydrogen-bond donors (Lipinski definition) is 2. The van der Waals surface area contributed by atoms with Gasteiger partial charge in [0.15, 0.2) is 5.69 Å². The van der Waals surface area contributed by atoms with E-state index in [4.69, 9.17) is 0 Å². The SMILES string of the molecule is Cc1c(C(=O)NC(CCN(C)C)C(C)(C)C)nnn1C1CCNCC1. The minimum Gasteiger partial charge on any atom is -0.347 e. The molecule has 1 unspecified atom stereocenters. The highest BCUT2D eigenvalue weighted by atomic mass is 16.2. The van der Waals surface area contributed by atoms with Crippen molar-refractivity contribution in [3.63, 3.8) is 0 Å². The minimum atomic E-state index is -0.114. The summed E-state index contributed by atoms with van der Waals surface area (Å²) >= 11 is 0. The third-order valence-corrected chi connectivity index (χ3v) is 5.01. The molecule has 1 aliphatic rings. The third kappa shape index (κ3) is 5.25. The molecule has 1 fully saturated rings. The lowest BCUT2D eigenvalue weighted by Gasteiger charge is -2.32. The lowest BCUT2D eigenvalue weighted by Crippen LogP contribution is -2.45. The van der Waals surface area contributed by atoms with Crippen LogP contribution in [0.15, 0.2) is 0 Å². The molecule has 0 aliphatic carbocycles. The van der Waals surface area contributed by atoms with Gasteiger partial charge >= 0.3 is 0 Å². The summed E-state index contributed by atoms with van der Waals surface area (Å²) in [6, 6.07) is 0.424. The maximum absolute atomic E-state index is 12.8. The number of carbonyl (C=O) groups is 1. The van der Waals surface area contributed by atoms with Crippen LogP contribution in [0.1, 0.15) is 62.3 Å². The van der Waals surface area contributed by atoms with E-state index in [9.17, 15) is 4.79 Å². The Balaban J connectivity index is 2.09. The van der Waals surface area contributed by atoms with Crippen molar-refractivity contribution in [2.75, 3.05) is 33.7 Å². The van der Waals surface area contributed by atoms with Crippen LogP contribution >= 0.6 is 0 Å². The third-order valence-electron chi connectivity index (χ3n) is 5.01. The van der Waals surface area contributed by atoms with E-state index in [0.29, 0.717) is 11.7 Å². The molecule has 1 saturated heterocycles. The molecule has 1 atom stereocenters. The van der Waals surface area contributed by atoms with Crippen molar-refractivity contribution in [2.24, 2.45) is 5.41 Å². The second-order valence-electron chi connectivity index (χ2n) is 8.43. The standard InChI is InChI=1S/C18H34N6O/c1-13-16(21-22-24(13)14-7-10-19-11-8-14)17(25)20-15(18(2,3)4)9-12-23(5)6/h14-15,19H,7-12H2,1-6H3,(H,20,25). The summed E-state index contributed by atoms with van der Waals surface area (Å²) in [4.78, 5) is 15.0. The second-order valence-corrected chi connectivity index (χ2v) is 8.43. The number of amides is 1. The highest BCUT2D eigenvalue weighted by Crippen LogP contribution is 2.24. The lowest BCUT2D eigenvalue weighted by molar-refractivity contribution is 0.0887. The fourth-order valence-corrected chi connectivity index (χ4v) is 3.28. The van der Waals surface area contributed by atoms with Gasteiger partial charge in [0.25, 0.3) is 5.91 Å². The Morgan fingerprint density at radius 2 is 2.00 bits per heavy atom. The Morgan fingerprint density at radius 3 is 2.56 bits per heavy atom. The van der Waals surface area contributed by atoms with Gasteiger partial charge in [-0.15, -0.1) is 5.10 Å². The Kier molecular flexibility index (Phi) is 6.57. The largest absolute Gasteiger partial charge is 0.347 e. The first-order valence-electron chi connectivity index (χ1n) is 9.28. The van der Waals surface area contributed by atoms with E-state index in [2.05, 4.69) is 60.7 Å². The zero-order chi connectivity index (χ0) is 18.6. The quantitative estimate of drug-likeness (QED) is 0.815. The fourth-order valence-electron chi connectivity index (χ4n) is 3.28. The van der Waals surface area contributed by atoms with Crippen molar-refractivity contribution >= 4 is 5.91 Å². The van der Waals surface area contributed by atoms with Crippen LogP contribution in [0, 0.1) is 12.3 Å². The molecule has 0 aromatic carbocycles. The molecular weight excluding hydrogens is 316 g/mol. The highest BCUT2D eigenvalue weighted by Gasteiger charge is 2.29. The number of nitrogens with zero attached hydrogens (tertiary/aromatic N) is 4. The van der Waals surface area contributed by atoms with Crippen molar-refractivity contribution in [1.29, 1.82) is 0 Å². The molecule has 2 rings (SSSR count). The smallest absolute Gasteiger partial charge is 0.273 e. The van der Waals surface area contributed by atoms with Gasteiger partial charge in [-0.05, 0) is 65.3 Å². The molecule has 7 heteroatoms. The van der Waals surface area contributed by atoms with Crippen LogP contribution in [0.5, 0.6) is 0 Å². The molecule has 0 bridgehead atoms. The Labute approximate surface area is 151 Å². The van der Waals surface area contributed by atoms with Crippen LogP contribution < -0.4 is 10.6 Å². The van der Waals surface area contributed by atoms with Crippen LogP contribution in [-0.4, -0.2) is 65.6 Å². The van der Waals surface area contributed by atoms with E-state index >= 15 is 0 Å². The van der Waals surface area contributed by atoms with Gasteiger partial charge in [-0.2, -0.15) is 0 Å². The number of rotatable bonds is 6. The van der Waals surface area contributed by atoms with E-state index in [1.165, 1.54) is 0 Å². The van der Waals surface area contributed by atoms with E-state index in [-0.39, 0.29) is 17.4 Å². The van der Waals surface area contributed by atoms with Crippen LogP contribution in [-0.2, 0) is 0 Å². The summed E-state index contributed by atoms with van der Waals surface area (Å²) < 4.78 is 1.93. The maximum Gasteiger partial charge on any atom is 0.273 e. The average molecular weight is 351 g/mol. The van der Waals surface area contributed by atoms with E-state index < -0.39 is 0 Å². The van der Waals surface area contributed by atoms with Crippen molar-refractivity contribution in [3.8, 4) is 0 Å². The molecule has 2 heterocycles. The van der Waals surface area contributed by atoms with Gasteiger partial charge in [-0.1, -0.05) is 26.0 Å². The van der Waals surface area contributed by atoms with Gasteiger partial charge in [-0.3, -0.25) is 4.79 Å². The van der Waals surface area contributed by atoms with E-state index in [1.54, 1.807) is 0 Å². The summed E-state index contributed by atoms with van der Waals surface area (Å²) in [6.45, 7) is 11.3. The van der Waals surface area contributed by atoms with Crippen molar-refractivity contribution in [1.82, 2.24) is 30.5 Å². The summed E-state index contributed by atoms with van der Waals surface area (Å²) in [5.41, 5.74) is 1.31. The van der Waals surface area contributed by atoms with Crippen LogP contribution in [0.2, 0.25) is 0 Å². The van der Waals surface area contributed by atoms with Gasteiger partial charge in [0.05, 0.1) is 11.7 Å². The van der Waals surface area contributed by atoms with Crippen LogP contribution in [0.3, 0.4) is 0 Å². The summed E-state index contributed by atoms with van der Waals surface area (Å²) in [5.74, 6) is -0.114. The normalized spacial score (nSPS) is 17.7. The monoisotopic (exact) mass is 350 g/mol. The first-order chi connectivity index (χ1) is 11.7. The predicted molar refractivity (Wildman–Crippen MR) is 99.8 cm³/mol. The molecule has 0 spiro atoms. The molecule has 0 saturated carbocycles. The molecule has 142 valence electrons. The van der Waals surface area contributed by atoms with Crippen molar-refractivity contribution in [3.05, 3.63) is 11.4 Å². The average Bonchev–Trinajstić information content (AvgIpc) is 2.92. The van der Waals surface area contributed by atoms with Crippen LogP contribution in [0.25, 0.3) is 0 Å². The molecular formula is C18H34N6O. The summed E-state index contributed by atoms with van der Waals surface area (Å²) in [6.07, 6.45) is 2.96. The predicted octanol–water partition coefficient (Wildman–Crippen LogP) is 1.61. The molecule has 1 amide bonds. The second kappa shape index (κ2) is 8.27. The number of hydrogen-bond acceptors (Lipinski definition) is 5. The van der Waals surface area contributed by atoms with Gasteiger partial charge in [0, 0.05) is 6.04 Å². The van der Waals surface area contributed by atoms with E-state index in [1.807, 2.05) is 11.6 Å². The summed E-state index contributed by atoms with van der Waals surface area (Å²) in [7, 11) is 4.10. The maximum atomic E-state index is 12.8. The van der Waals surface area contributed by atoms with Crippen molar-refractivity contribution in [2.45, 2.75) is 59.0 Å². The number of carbonyl (C=O) groups excluding carboxylic acids is 1. The number of nitrogens with one attached hydrogen (secondary N) is 2. The summed E-state index contributed by atoms with van der Waals surface area (Å²) in [5, 5.41) is 15.0. The minimum absolute atomic E-state index is 0.00932. The first kappa shape index (κ1) is 19.8. The Morgan fingerprint density at radius 1 is 1.36 bits per heavy atom. The van der Waals surface area contributed by atoms with Gasteiger partial charge in [-0.25, -0.2) is 4.68 Å². The molecule has 0 radical (unpaired) electrons. The van der Waals surface area contributed by atoms with Gasteiger partial charge in [0.1, 0.15) is 0 Å². The molecule has 7 nitrogen and oxygen atoms in total. The molecule has 2 N–H and O–H groups in total. The molecule has 25 heavy (non-hydrogen) atoms. The van der Waals surface area contributed by atoms with Gasteiger partial charge < -0.3 is 15.5 Å². The fraction of sp³-hybridized carbons (Fsp3) is 0.833. The van der Waals surface area contributed by atoms with Crippen molar-refractivity contribution < 1.29 is 4.79 Å². The Bertz CT molecular complexity index is 569. The molecule has 1 aromatic heterocycles. The topological polar surface area (TPSA) is 75.1 Å². The van der Waals surface area contributed by atoms with Crippen LogP contribution in [0.4, 0.5) is 0 Å². The lowest BCUT2D eigenvalue weighted by atomic mass is 9.84. The number of aromatic nitrogens is 3. The zero-order valence-corrected chi connectivity index (χ0v) is 16.6. The van der Waals surface area contributed by atoms with E-state index in [0.717, 1.165) is 44.6 Å². The molecule has 1 aliphatic heterocycles. The molecule has 1 aromatic rings. The Hall–Kier alpha value is -1.47. The first-order valence-corrected chi connectivity index (χ1v) is 9.28. The highest BCUT2D eigenvalue weighted by molar-refractivity contribution is 5.93.